The molecule has 1 atom stereocenters. The Labute approximate surface area is 88.3 Å². The molecule has 0 bridgehead atoms. The molecule has 3 heterocycles. The Morgan fingerprint density at radius 3 is 3.20 bits per heavy atom. The first-order valence-corrected chi connectivity index (χ1v) is 5.33. The lowest BCUT2D eigenvalue weighted by Crippen LogP contribution is -2.11. The van der Waals surface area contributed by atoms with Crippen LogP contribution in [0.3, 0.4) is 0 Å². The lowest BCUT2D eigenvalue weighted by molar-refractivity contribution is 0.667. The topological polar surface area (TPSA) is 42.7 Å². The number of nitrogens with zero attached hydrogens (tertiary/aromatic N) is 3. The molecule has 78 valence electrons. The van der Waals surface area contributed by atoms with E-state index in [2.05, 4.69) is 26.9 Å². The molecular formula is C11H14N4. The molecule has 1 aliphatic rings. The largest absolute Gasteiger partial charge is 0.331 e. The minimum atomic E-state index is 0.558. The van der Waals surface area contributed by atoms with Gasteiger partial charge in [0.05, 0.1) is 11.7 Å². The van der Waals surface area contributed by atoms with Gasteiger partial charge in [-0.2, -0.15) is 0 Å². The van der Waals surface area contributed by atoms with Crippen LogP contribution in [0.4, 0.5) is 0 Å². The summed E-state index contributed by atoms with van der Waals surface area (Å²) >= 11 is 0. The Kier molecular flexibility index (Phi) is 1.95. The highest BCUT2D eigenvalue weighted by Crippen LogP contribution is 2.24. The number of aryl methyl sites for hydroxylation is 1. The number of nitrogens with one attached hydrogen (secondary N) is 1. The molecular weight excluding hydrogens is 188 g/mol. The third kappa shape index (κ3) is 1.33. The summed E-state index contributed by atoms with van der Waals surface area (Å²) in [7, 11) is 2.09. The van der Waals surface area contributed by atoms with E-state index in [4.69, 9.17) is 0 Å². The quantitative estimate of drug-likeness (QED) is 0.751. The molecule has 1 N–H and O–H groups in total. The molecule has 2 aromatic rings. The van der Waals surface area contributed by atoms with E-state index >= 15 is 0 Å². The fraction of sp³-hybridized carbons (Fsp3) is 0.455. The van der Waals surface area contributed by atoms with E-state index in [1.807, 2.05) is 18.5 Å². The molecule has 2 aromatic heterocycles. The van der Waals surface area contributed by atoms with Gasteiger partial charge in [-0.05, 0) is 19.0 Å². The van der Waals surface area contributed by atoms with Crippen LogP contribution < -0.4 is 5.32 Å². The van der Waals surface area contributed by atoms with Crippen molar-refractivity contribution in [2.45, 2.75) is 12.3 Å². The standard InChI is InChI=1S/C11H14N4/c1-15-10-3-5-13-7-9(10)14-11(15)8-2-4-12-6-8/h3,5,7-8,12H,2,4,6H2,1H3. The van der Waals surface area contributed by atoms with E-state index in [-0.39, 0.29) is 0 Å². The number of aromatic nitrogens is 3. The van der Waals surface area contributed by atoms with Crippen molar-refractivity contribution < 1.29 is 0 Å². The van der Waals surface area contributed by atoms with E-state index < -0.39 is 0 Å². The maximum absolute atomic E-state index is 4.65. The predicted octanol–water partition coefficient (Wildman–Crippen LogP) is 1.05. The van der Waals surface area contributed by atoms with Crippen molar-refractivity contribution in [3.63, 3.8) is 0 Å². The van der Waals surface area contributed by atoms with Gasteiger partial charge in [0.15, 0.2) is 0 Å². The van der Waals surface area contributed by atoms with Gasteiger partial charge in [0.2, 0.25) is 0 Å². The number of imidazole rings is 1. The van der Waals surface area contributed by atoms with Crippen LogP contribution in [0, 0.1) is 0 Å². The number of pyridine rings is 1. The summed E-state index contributed by atoms with van der Waals surface area (Å²) in [4.78, 5) is 8.76. The average Bonchev–Trinajstić information content (AvgIpc) is 2.87. The summed E-state index contributed by atoms with van der Waals surface area (Å²) in [6.07, 6.45) is 4.84. The van der Waals surface area contributed by atoms with Gasteiger partial charge in [-0.25, -0.2) is 4.98 Å². The molecule has 0 amide bonds. The lowest BCUT2D eigenvalue weighted by atomic mass is 10.1. The van der Waals surface area contributed by atoms with Crippen LogP contribution in [-0.4, -0.2) is 27.6 Å². The second-order valence-corrected chi connectivity index (χ2v) is 4.08. The van der Waals surface area contributed by atoms with Crippen LogP contribution in [0.1, 0.15) is 18.2 Å². The van der Waals surface area contributed by atoms with Gasteiger partial charge in [-0.1, -0.05) is 0 Å². The molecule has 1 unspecified atom stereocenters. The zero-order valence-electron chi connectivity index (χ0n) is 8.77. The Balaban J connectivity index is 2.14. The molecule has 4 heteroatoms. The van der Waals surface area contributed by atoms with Crippen molar-refractivity contribution in [3.8, 4) is 0 Å². The van der Waals surface area contributed by atoms with Crippen molar-refractivity contribution >= 4 is 11.0 Å². The third-order valence-corrected chi connectivity index (χ3v) is 3.14. The number of rotatable bonds is 1. The van der Waals surface area contributed by atoms with Crippen LogP contribution in [-0.2, 0) is 7.05 Å². The van der Waals surface area contributed by atoms with E-state index in [1.54, 1.807) is 0 Å². The molecule has 1 saturated heterocycles. The summed E-state index contributed by atoms with van der Waals surface area (Å²) in [5.41, 5.74) is 2.17. The average molecular weight is 202 g/mol. The fourth-order valence-electron chi connectivity index (χ4n) is 2.31. The van der Waals surface area contributed by atoms with Crippen molar-refractivity contribution in [1.29, 1.82) is 0 Å². The monoisotopic (exact) mass is 202 g/mol. The lowest BCUT2D eigenvalue weighted by Gasteiger charge is -2.07. The van der Waals surface area contributed by atoms with Crippen molar-refractivity contribution in [3.05, 3.63) is 24.3 Å². The van der Waals surface area contributed by atoms with Crippen molar-refractivity contribution in [1.82, 2.24) is 19.9 Å². The smallest absolute Gasteiger partial charge is 0.114 e. The van der Waals surface area contributed by atoms with Gasteiger partial charge in [0.25, 0.3) is 0 Å². The van der Waals surface area contributed by atoms with Crippen LogP contribution in [0.15, 0.2) is 18.5 Å². The van der Waals surface area contributed by atoms with Gasteiger partial charge in [0.1, 0.15) is 11.3 Å². The summed E-state index contributed by atoms with van der Waals surface area (Å²) in [5, 5.41) is 3.37. The zero-order valence-corrected chi connectivity index (χ0v) is 8.77. The Morgan fingerprint density at radius 1 is 1.53 bits per heavy atom. The van der Waals surface area contributed by atoms with Crippen molar-refractivity contribution in [2.24, 2.45) is 7.05 Å². The Hall–Kier alpha value is -1.42. The van der Waals surface area contributed by atoms with Crippen LogP contribution in [0.5, 0.6) is 0 Å². The molecule has 15 heavy (non-hydrogen) atoms. The van der Waals surface area contributed by atoms with Gasteiger partial charge in [-0.15, -0.1) is 0 Å². The van der Waals surface area contributed by atoms with Gasteiger partial charge in [-0.3, -0.25) is 4.98 Å². The molecule has 0 radical (unpaired) electrons. The Bertz CT molecular complexity index is 482. The molecule has 0 aliphatic carbocycles. The van der Waals surface area contributed by atoms with E-state index in [1.165, 1.54) is 17.8 Å². The number of fused-ring (bicyclic) bond motifs is 1. The highest BCUT2D eigenvalue weighted by molar-refractivity contribution is 5.74. The number of hydrogen-bond donors (Lipinski definition) is 1. The molecule has 1 fully saturated rings. The first-order chi connectivity index (χ1) is 7.36. The van der Waals surface area contributed by atoms with Crippen LogP contribution in [0.25, 0.3) is 11.0 Å². The van der Waals surface area contributed by atoms with Gasteiger partial charge < -0.3 is 9.88 Å². The van der Waals surface area contributed by atoms with Gasteiger partial charge in [0, 0.05) is 25.7 Å². The molecule has 4 nitrogen and oxygen atoms in total. The summed E-state index contributed by atoms with van der Waals surface area (Å²) < 4.78 is 2.19. The maximum atomic E-state index is 4.65. The Morgan fingerprint density at radius 2 is 2.47 bits per heavy atom. The molecule has 0 spiro atoms. The normalized spacial score (nSPS) is 21.3. The molecule has 3 rings (SSSR count). The van der Waals surface area contributed by atoms with Crippen LogP contribution >= 0.6 is 0 Å². The highest BCUT2D eigenvalue weighted by atomic mass is 15.1. The summed E-state index contributed by atoms with van der Waals surface area (Å²) in [5.74, 6) is 1.74. The van der Waals surface area contributed by atoms with E-state index in [0.29, 0.717) is 5.92 Å². The predicted molar refractivity (Wildman–Crippen MR) is 58.7 cm³/mol. The third-order valence-electron chi connectivity index (χ3n) is 3.14. The SMILES string of the molecule is Cn1c(C2CCNC2)nc2cnccc21. The highest BCUT2D eigenvalue weighted by Gasteiger charge is 2.21. The van der Waals surface area contributed by atoms with E-state index in [0.717, 1.165) is 18.6 Å². The summed E-state index contributed by atoms with van der Waals surface area (Å²) in [6.45, 7) is 2.15. The first-order valence-electron chi connectivity index (χ1n) is 5.33. The van der Waals surface area contributed by atoms with Crippen LogP contribution in [0.2, 0.25) is 0 Å². The fourth-order valence-corrected chi connectivity index (χ4v) is 2.31. The zero-order chi connectivity index (χ0) is 10.3. The second-order valence-electron chi connectivity index (χ2n) is 4.08. The second kappa shape index (κ2) is 3.31. The first kappa shape index (κ1) is 8.85. The number of hydrogen-bond acceptors (Lipinski definition) is 3. The molecule has 0 saturated carbocycles. The maximum Gasteiger partial charge on any atom is 0.114 e. The van der Waals surface area contributed by atoms with E-state index in [9.17, 15) is 0 Å². The molecule has 0 aromatic carbocycles. The minimum Gasteiger partial charge on any atom is -0.331 e. The van der Waals surface area contributed by atoms with Crippen molar-refractivity contribution in [2.75, 3.05) is 13.1 Å². The minimum absolute atomic E-state index is 0.558. The molecule has 1 aliphatic heterocycles. The van der Waals surface area contributed by atoms with Gasteiger partial charge >= 0.3 is 0 Å². The summed E-state index contributed by atoms with van der Waals surface area (Å²) in [6, 6.07) is 2.02.